The molecule has 0 bridgehead atoms. The molecule has 0 radical (unpaired) electrons. The molecule has 10 aromatic carbocycles. The zero-order valence-electron chi connectivity index (χ0n) is 34.3. The molecule has 0 aliphatic heterocycles. The third kappa shape index (κ3) is 6.13. The number of allylic oxidation sites excluding steroid dienone is 3. The van der Waals surface area contributed by atoms with Gasteiger partial charge in [-0.25, -0.2) is 0 Å². The van der Waals surface area contributed by atoms with Crippen molar-refractivity contribution in [1.29, 1.82) is 0 Å². The smallest absolute Gasteiger partial charge is 0.143 e. The summed E-state index contributed by atoms with van der Waals surface area (Å²) in [5.41, 5.74) is 12.1. The fourth-order valence-corrected chi connectivity index (χ4v) is 9.51. The van der Waals surface area contributed by atoms with Gasteiger partial charge >= 0.3 is 0 Å². The quantitative estimate of drug-likeness (QED) is 0.113. The van der Waals surface area contributed by atoms with Crippen molar-refractivity contribution >= 4 is 93.6 Å². The van der Waals surface area contributed by atoms with E-state index < -0.39 is 0 Å². The van der Waals surface area contributed by atoms with Gasteiger partial charge < -0.3 is 13.7 Å². The molecular weight excluding hydrogens is 767 g/mol. The summed E-state index contributed by atoms with van der Waals surface area (Å²) >= 11 is 0. The molecule has 2 aromatic heterocycles. The van der Waals surface area contributed by atoms with Gasteiger partial charge in [0.25, 0.3) is 0 Å². The molecule has 12 rings (SSSR count). The molecule has 12 aromatic rings. The lowest BCUT2D eigenvalue weighted by Gasteiger charge is -2.28. The minimum absolute atomic E-state index is 0.869. The highest BCUT2D eigenvalue weighted by molar-refractivity contribution is 6.16. The van der Waals surface area contributed by atoms with Crippen molar-refractivity contribution in [2.24, 2.45) is 0 Å². The van der Waals surface area contributed by atoms with Crippen LogP contribution in [0.5, 0.6) is 0 Å². The predicted molar refractivity (Wildman–Crippen MR) is 267 cm³/mol. The fraction of sp³-hybridized carbons (Fsp3) is 0. The van der Waals surface area contributed by atoms with E-state index in [0.29, 0.717) is 0 Å². The summed E-state index contributed by atoms with van der Waals surface area (Å²) in [5, 5.41) is 11.7. The summed E-state index contributed by atoms with van der Waals surface area (Å²) < 4.78 is 12.8. The predicted octanol–water partition coefficient (Wildman–Crippen LogP) is 17.2. The van der Waals surface area contributed by atoms with Crippen LogP contribution in [-0.4, -0.2) is 0 Å². The SMILES string of the molecule is C=C/C(=C\C=C\c1cccc2c1ccc1ccccc12)N(c1ccc(-c2cccc3oc4ccccc4c23)cc1)c1ccccc1-c1ccc2oc3c4ccccc4ccc3c2c1. The largest absolute Gasteiger partial charge is 0.456 e. The zero-order valence-corrected chi connectivity index (χ0v) is 34.3. The maximum Gasteiger partial charge on any atom is 0.143 e. The Morgan fingerprint density at radius 3 is 1.95 bits per heavy atom. The van der Waals surface area contributed by atoms with Crippen LogP contribution in [-0.2, 0) is 0 Å². The van der Waals surface area contributed by atoms with Gasteiger partial charge in [-0.1, -0.05) is 170 Å². The minimum Gasteiger partial charge on any atom is -0.456 e. The highest BCUT2D eigenvalue weighted by atomic mass is 16.3. The molecule has 3 nitrogen and oxygen atoms in total. The molecule has 3 heteroatoms. The number of furan rings is 2. The van der Waals surface area contributed by atoms with Gasteiger partial charge in [0, 0.05) is 43.9 Å². The Hall–Kier alpha value is -8.40. The van der Waals surface area contributed by atoms with E-state index in [1.807, 2.05) is 24.3 Å². The normalized spacial score (nSPS) is 12.2. The van der Waals surface area contributed by atoms with Gasteiger partial charge in [-0.05, 0) is 110 Å². The molecule has 0 saturated carbocycles. The minimum atomic E-state index is 0.869. The molecule has 0 N–H and O–H groups in total. The lowest BCUT2D eigenvalue weighted by atomic mass is 9.97. The number of fused-ring (bicyclic) bond motifs is 11. The fourth-order valence-electron chi connectivity index (χ4n) is 9.51. The Balaban J connectivity index is 1.00. The molecule has 296 valence electrons. The highest BCUT2D eigenvalue weighted by Gasteiger charge is 2.20. The van der Waals surface area contributed by atoms with E-state index in [0.717, 1.165) is 99.5 Å². The molecule has 0 aliphatic carbocycles. The van der Waals surface area contributed by atoms with E-state index in [2.05, 4.69) is 212 Å². The molecule has 0 spiro atoms. The van der Waals surface area contributed by atoms with Crippen LogP contribution in [0, 0.1) is 0 Å². The lowest BCUT2D eigenvalue weighted by molar-refractivity contribution is 0.669. The average molecular weight is 806 g/mol. The summed E-state index contributed by atoms with van der Waals surface area (Å²) in [7, 11) is 0. The summed E-state index contributed by atoms with van der Waals surface area (Å²) in [4.78, 5) is 2.31. The van der Waals surface area contributed by atoms with E-state index in [1.54, 1.807) is 0 Å². The summed E-state index contributed by atoms with van der Waals surface area (Å²) in [6, 6.07) is 70.9. The Morgan fingerprint density at radius 1 is 0.444 bits per heavy atom. The van der Waals surface area contributed by atoms with Crippen LogP contribution in [0.2, 0.25) is 0 Å². The van der Waals surface area contributed by atoms with Crippen LogP contribution in [0.3, 0.4) is 0 Å². The number of benzene rings is 10. The van der Waals surface area contributed by atoms with E-state index in [4.69, 9.17) is 8.83 Å². The third-order valence-electron chi connectivity index (χ3n) is 12.5. The number of hydrogen-bond acceptors (Lipinski definition) is 3. The van der Waals surface area contributed by atoms with E-state index in [-0.39, 0.29) is 0 Å². The first-order chi connectivity index (χ1) is 31.2. The monoisotopic (exact) mass is 805 g/mol. The van der Waals surface area contributed by atoms with Crippen LogP contribution in [0.25, 0.3) is 105 Å². The van der Waals surface area contributed by atoms with Crippen LogP contribution in [0.4, 0.5) is 11.4 Å². The van der Waals surface area contributed by atoms with Crippen LogP contribution in [0.1, 0.15) is 5.56 Å². The lowest BCUT2D eigenvalue weighted by Crippen LogP contribution is -2.16. The maximum atomic E-state index is 6.53. The summed E-state index contributed by atoms with van der Waals surface area (Å²) in [6.07, 6.45) is 8.45. The second-order valence-electron chi connectivity index (χ2n) is 16.0. The molecule has 0 unspecified atom stereocenters. The first kappa shape index (κ1) is 36.5. The number of rotatable bonds is 8. The number of hydrogen-bond donors (Lipinski definition) is 0. The van der Waals surface area contributed by atoms with E-state index in [9.17, 15) is 0 Å². The molecular formula is C60H39NO2. The van der Waals surface area contributed by atoms with Crippen LogP contribution >= 0.6 is 0 Å². The van der Waals surface area contributed by atoms with Crippen molar-refractivity contribution in [3.05, 3.63) is 236 Å². The van der Waals surface area contributed by atoms with E-state index >= 15 is 0 Å². The van der Waals surface area contributed by atoms with Gasteiger partial charge in [0.05, 0.1) is 5.69 Å². The Kier molecular flexibility index (Phi) is 8.65. The van der Waals surface area contributed by atoms with Crippen LogP contribution < -0.4 is 4.90 Å². The molecule has 0 aliphatic rings. The zero-order chi connectivity index (χ0) is 41.9. The van der Waals surface area contributed by atoms with Crippen molar-refractivity contribution in [3.8, 4) is 22.3 Å². The van der Waals surface area contributed by atoms with Crippen molar-refractivity contribution in [2.45, 2.75) is 0 Å². The maximum absolute atomic E-state index is 6.53. The van der Waals surface area contributed by atoms with Crippen molar-refractivity contribution in [2.75, 3.05) is 4.90 Å². The number of para-hydroxylation sites is 2. The Labute approximate surface area is 364 Å². The van der Waals surface area contributed by atoms with Gasteiger partial charge in [-0.15, -0.1) is 0 Å². The van der Waals surface area contributed by atoms with Gasteiger partial charge in [-0.2, -0.15) is 0 Å². The van der Waals surface area contributed by atoms with Crippen molar-refractivity contribution < 1.29 is 8.83 Å². The molecule has 63 heavy (non-hydrogen) atoms. The van der Waals surface area contributed by atoms with Gasteiger partial charge in [0.1, 0.15) is 22.3 Å². The standard InChI is InChI=1S/C60H39NO2/c1-2-44(18-11-16-39-17-12-24-51-46-19-5-3-14-40(46)30-35-47(39)51)61(45-33-28-42(29-34-45)49-23-13-27-58-59(49)53-22-8-10-26-56(53)62-58)55-25-9-7-20-48(55)43-32-37-57-54(38-43)52-36-31-41-15-4-6-21-50(41)60(52)63-57/h2-38H,1H2/b16-11+,44-18+. The van der Waals surface area contributed by atoms with Crippen molar-refractivity contribution in [3.63, 3.8) is 0 Å². The summed E-state index contributed by atoms with van der Waals surface area (Å²) in [6.45, 7) is 4.39. The van der Waals surface area contributed by atoms with Gasteiger partial charge in [-0.3, -0.25) is 0 Å². The van der Waals surface area contributed by atoms with E-state index in [1.165, 1.54) is 21.5 Å². The van der Waals surface area contributed by atoms with Crippen molar-refractivity contribution in [1.82, 2.24) is 0 Å². The van der Waals surface area contributed by atoms with Gasteiger partial charge in [0.15, 0.2) is 0 Å². The topological polar surface area (TPSA) is 29.5 Å². The first-order valence-electron chi connectivity index (χ1n) is 21.4. The van der Waals surface area contributed by atoms with Crippen LogP contribution in [0.15, 0.2) is 240 Å². The average Bonchev–Trinajstić information content (AvgIpc) is 3.92. The number of anilines is 2. The number of nitrogens with zero attached hydrogens (tertiary/aromatic N) is 1. The highest BCUT2D eigenvalue weighted by Crippen LogP contribution is 2.43. The third-order valence-corrected chi connectivity index (χ3v) is 12.5. The second-order valence-corrected chi connectivity index (χ2v) is 16.0. The molecule has 0 amide bonds. The Morgan fingerprint density at radius 2 is 1.10 bits per heavy atom. The molecule has 2 heterocycles. The first-order valence-corrected chi connectivity index (χ1v) is 21.4. The Bertz CT molecular complexity index is 3820. The van der Waals surface area contributed by atoms with Gasteiger partial charge in [0.2, 0.25) is 0 Å². The molecule has 0 saturated heterocycles. The summed E-state index contributed by atoms with van der Waals surface area (Å²) in [5.74, 6) is 0. The molecule has 0 atom stereocenters. The second kappa shape index (κ2) is 14.9. The molecule has 0 fully saturated rings.